The smallest absolute Gasteiger partial charge is 0.139 e. The van der Waals surface area contributed by atoms with Gasteiger partial charge in [0.25, 0.3) is 0 Å². The summed E-state index contributed by atoms with van der Waals surface area (Å²) in [6.07, 6.45) is 1.84. The lowest BCUT2D eigenvalue weighted by molar-refractivity contribution is 1.33. The van der Waals surface area contributed by atoms with Gasteiger partial charge in [0.2, 0.25) is 0 Å². The molecule has 0 radical (unpaired) electrons. The Morgan fingerprint density at radius 1 is 1.14 bits per heavy atom. The van der Waals surface area contributed by atoms with Gasteiger partial charge < -0.3 is 9.29 Å². The number of thiazole rings is 1. The predicted molar refractivity (Wildman–Crippen MR) is 98.0 cm³/mol. The van der Waals surface area contributed by atoms with E-state index in [1.807, 2.05) is 11.6 Å². The van der Waals surface area contributed by atoms with Gasteiger partial charge in [-0.1, -0.05) is 18.2 Å². The van der Waals surface area contributed by atoms with Crippen LogP contribution in [0.4, 0.5) is 5.69 Å². The van der Waals surface area contributed by atoms with Crippen molar-refractivity contribution in [2.24, 2.45) is 0 Å². The molecule has 0 aliphatic rings. The molecule has 22 heavy (non-hydrogen) atoms. The molecule has 0 atom stereocenters. The molecule has 0 saturated carbocycles. The van der Waals surface area contributed by atoms with Gasteiger partial charge in [-0.25, -0.2) is 4.98 Å². The Bertz CT molecular complexity index is 879. The molecular formula is C16H13N3S3. The first kappa shape index (κ1) is 13.9. The predicted octanol–water partition coefficient (Wildman–Crippen LogP) is 5.50. The molecular weight excluding hydrogens is 330 g/mol. The molecule has 3 aromatic heterocycles. The molecule has 3 nitrogen and oxygen atoms in total. The minimum absolute atomic E-state index is 1.02. The van der Waals surface area contributed by atoms with Crippen LogP contribution in [0.2, 0.25) is 0 Å². The Kier molecular flexibility index (Phi) is 3.65. The molecule has 0 aliphatic carbocycles. The summed E-state index contributed by atoms with van der Waals surface area (Å²) in [5.41, 5.74) is 3.41. The van der Waals surface area contributed by atoms with Gasteiger partial charge in [0, 0.05) is 24.0 Å². The number of hydrogen-bond donors (Lipinski definition) is 1. The van der Waals surface area contributed by atoms with Crippen LogP contribution < -0.4 is 4.31 Å². The SMILES string of the molecule is CN(Sc1cccs1)c1cccc2cc(-c3nccs3)[nH]c12. The summed E-state index contributed by atoms with van der Waals surface area (Å²) in [4.78, 5) is 7.91. The van der Waals surface area contributed by atoms with Crippen LogP contribution in [0.15, 0.2) is 57.6 Å². The lowest BCUT2D eigenvalue weighted by Crippen LogP contribution is -2.05. The van der Waals surface area contributed by atoms with Crippen LogP contribution in [0.1, 0.15) is 0 Å². The highest BCUT2D eigenvalue weighted by atomic mass is 32.2. The average Bonchev–Trinajstić information content (AvgIpc) is 3.26. The lowest BCUT2D eigenvalue weighted by Gasteiger charge is -2.17. The van der Waals surface area contributed by atoms with Gasteiger partial charge in [-0.3, -0.25) is 0 Å². The van der Waals surface area contributed by atoms with Gasteiger partial charge in [-0.05, 0) is 35.5 Å². The summed E-state index contributed by atoms with van der Waals surface area (Å²) >= 11 is 5.15. The molecule has 0 amide bonds. The quantitative estimate of drug-likeness (QED) is 0.497. The summed E-state index contributed by atoms with van der Waals surface area (Å²) < 4.78 is 3.49. The third-order valence-corrected chi connectivity index (χ3v) is 6.13. The number of aromatic amines is 1. The number of aromatic nitrogens is 2. The molecule has 6 heteroatoms. The number of rotatable bonds is 4. The molecule has 3 heterocycles. The second-order valence-electron chi connectivity index (χ2n) is 4.78. The zero-order chi connectivity index (χ0) is 14.9. The van der Waals surface area contributed by atoms with Crippen molar-refractivity contribution in [2.75, 3.05) is 11.4 Å². The van der Waals surface area contributed by atoms with E-state index in [0.717, 1.165) is 16.2 Å². The van der Waals surface area contributed by atoms with Crippen LogP contribution in [-0.2, 0) is 0 Å². The maximum absolute atomic E-state index is 4.39. The molecule has 110 valence electrons. The maximum atomic E-state index is 4.39. The van der Waals surface area contributed by atoms with E-state index in [0.29, 0.717) is 0 Å². The minimum Gasteiger partial charge on any atom is -0.351 e. The highest BCUT2D eigenvalue weighted by Crippen LogP contribution is 2.36. The summed E-state index contributed by atoms with van der Waals surface area (Å²) in [7, 11) is 2.10. The first-order chi connectivity index (χ1) is 10.8. The summed E-state index contributed by atoms with van der Waals surface area (Å²) in [6.45, 7) is 0. The number of thiophene rings is 1. The van der Waals surface area contributed by atoms with E-state index in [9.17, 15) is 0 Å². The fourth-order valence-corrected chi connectivity index (χ4v) is 4.77. The van der Waals surface area contributed by atoms with Crippen molar-refractivity contribution >= 4 is 51.2 Å². The van der Waals surface area contributed by atoms with Gasteiger partial charge in [-0.15, -0.1) is 22.7 Å². The number of nitrogens with zero attached hydrogens (tertiary/aromatic N) is 2. The second-order valence-corrected chi connectivity index (χ2v) is 8.05. The molecule has 0 fully saturated rings. The van der Waals surface area contributed by atoms with Crippen molar-refractivity contribution in [1.82, 2.24) is 9.97 Å². The maximum Gasteiger partial charge on any atom is 0.139 e. The largest absolute Gasteiger partial charge is 0.351 e. The van der Waals surface area contributed by atoms with Gasteiger partial charge >= 0.3 is 0 Å². The van der Waals surface area contributed by atoms with Crippen LogP contribution >= 0.6 is 34.6 Å². The van der Waals surface area contributed by atoms with Crippen molar-refractivity contribution in [3.63, 3.8) is 0 Å². The van der Waals surface area contributed by atoms with Crippen molar-refractivity contribution in [2.45, 2.75) is 4.21 Å². The minimum atomic E-state index is 1.02. The van der Waals surface area contributed by atoms with Crippen LogP contribution in [0.5, 0.6) is 0 Å². The molecule has 0 spiro atoms. The number of para-hydroxylation sites is 1. The fraction of sp³-hybridized carbons (Fsp3) is 0.0625. The van der Waals surface area contributed by atoms with Gasteiger partial charge in [0.15, 0.2) is 0 Å². The zero-order valence-electron chi connectivity index (χ0n) is 11.8. The van der Waals surface area contributed by atoms with Crippen molar-refractivity contribution in [1.29, 1.82) is 0 Å². The van der Waals surface area contributed by atoms with E-state index < -0.39 is 0 Å². The Hall–Kier alpha value is -1.76. The number of H-pyrrole nitrogens is 1. The van der Waals surface area contributed by atoms with Gasteiger partial charge in [0.1, 0.15) is 5.01 Å². The van der Waals surface area contributed by atoms with Crippen molar-refractivity contribution in [3.8, 4) is 10.7 Å². The van der Waals surface area contributed by atoms with Crippen LogP contribution in [0.25, 0.3) is 21.6 Å². The van der Waals surface area contributed by atoms with E-state index in [2.05, 4.69) is 63.1 Å². The van der Waals surface area contributed by atoms with Gasteiger partial charge in [0.05, 0.1) is 21.1 Å². The zero-order valence-corrected chi connectivity index (χ0v) is 14.3. The van der Waals surface area contributed by atoms with E-state index >= 15 is 0 Å². The molecule has 0 aliphatic heterocycles. The molecule has 0 saturated heterocycles. The highest BCUT2D eigenvalue weighted by molar-refractivity contribution is 8.02. The molecule has 0 unspecified atom stereocenters. The van der Waals surface area contributed by atoms with E-state index in [1.54, 1.807) is 34.6 Å². The number of nitrogens with one attached hydrogen (secondary N) is 1. The first-order valence-electron chi connectivity index (χ1n) is 6.78. The van der Waals surface area contributed by atoms with E-state index in [-0.39, 0.29) is 0 Å². The lowest BCUT2D eigenvalue weighted by atomic mass is 10.2. The van der Waals surface area contributed by atoms with Crippen molar-refractivity contribution in [3.05, 3.63) is 53.4 Å². The average molecular weight is 344 g/mol. The van der Waals surface area contributed by atoms with Crippen molar-refractivity contribution < 1.29 is 0 Å². The van der Waals surface area contributed by atoms with Gasteiger partial charge in [-0.2, -0.15) is 0 Å². The molecule has 4 aromatic rings. The molecule has 0 bridgehead atoms. The fourth-order valence-electron chi connectivity index (χ4n) is 2.37. The Balaban J connectivity index is 1.74. The Labute approximate surface area is 140 Å². The molecule has 1 aromatic carbocycles. The number of hydrogen-bond acceptors (Lipinski definition) is 5. The number of benzene rings is 1. The molecule has 4 rings (SSSR count). The highest BCUT2D eigenvalue weighted by Gasteiger charge is 2.12. The summed E-state index contributed by atoms with van der Waals surface area (Å²) in [6, 6.07) is 12.8. The molecule has 1 N–H and O–H groups in total. The Morgan fingerprint density at radius 2 is 2.09 bits per heavy atom. The Morgan fingerprint density at radius 3 is 2.86 bits per heavy atom. The van der Waals surface area contributed by atoms with Crippen LogP contribution in [-0.4, -0.2) is 17.0 Å². The topological polar surface area (TPSA) is 31.9 Å². The number of anilines is 1. The van der Waals surface area contributed by atoms with E-state index in [4.69, 9.17) is 0 Å². The van der Waals surface area contributed by atoms with Crippen LogP contribution in [0, 0.1) is 0 Å². The monoisotopic (exact) mass is 343 g/mol. The first-order valence-corrected chi connectivity index (χ1v) is 9.31. The normalized spacial score (nSPS) is 11.1. The second kappa shape index (κ2) is 5.79. The van der Waals surface area contributed by atoms with E-state index in [1.165, 1.54) is 15.3 Å². The number of fused-ring (bicyclic) bond motifs is 1. The standard InChI is InChI=1S/C16H13N3S3/c1-19(22-14-6-3-8-20-14)13-5-2-4-11-10-12(18-15(11)13)16-17-7-9-21-16/h2-10,18H,1H3. The third kappa shape index (κ3) is 2.54. The summed E-state index contributed by atoms with van der Waals surface area (Å²) in [5, 5.41) is 6.34. The third-order valence-electron chi connectivity index (χ3n) is 3.36. The van der Waals surface area contributed by atoms with Crippen LogP contribution in [0.3, 0.4) is 0 Å². The summed E-state index contributed by atoms with van der Waals surface area (Å²) in [5.74, 6) is 0.